The third-order valence-corrected chi connectivity index (χ3v) is 4.55. The molecule has 1 unspecified atom stereocenters. The van der Waals surface area contributed by atoms with Gasteiger partial charge in [-0.15, -0.1) is 0 Å². The number of dihydropyridines is 1. The Hall–Kier alpha value is -3.58. The van der Waals surface area contributed by atoms with Gasteiger partial charge in [-0.2, -0.15) is 13.2 Å². The van der Waals surface area contributed by atoms with E-state index >= 15 is 0 Å². The van der Waals surface area contributed by atoms with Crippen LogP contribution in [0.5, 0.6) is 5.75 Å². The molecule has 34 heavy (non-hydrogen) atoms. The van der Waals surface area contributed by atoms with Gasteiger partial charge in [-0.25, -0.2) is 18.5 Å². The number of rotatable bonds is 7. The Bertz CT molecular complexity index is 1240. The van der Waals surface area contributed by atoms with Gasteiger partial charge in [0.2, 0.25) is 0 Å². The molecule has 1 aliphatic rings. The molecule has 0 radical (unpaired) electrons. The van der Waals surface area contributed by atoms with Crippen LogP contribution in [0.4, 0.5) is 17.6 Å². The summed E-state index contributed by atoms with van der Waals surface area (Å²) in [6.45, 7) is 1.13. The number of H-pyrrole nitrogens is 1. The number of carbonyl (C=O) groups excluding carboxylic acids is 1. The minimum absolute atomic E-state index is 0.1000. The standard InChI is InChI=1S/C20H16ClF4N3O6/c1-2-32-17(30)10-33-19(5-3-4-6-26-19)34-14-8-13(12(22)7-11(14)21)28-16(29)9-15(20(23,24)25)27-18(28)31/h3-9,26H,2,10H2,1H3,(H,27,31). The fourth-order valence-corrected chi connectivity index (χ4v) is 3.00. The predicted octanol–water partition coefficient (Wildman–Crippen LogP) is 2.62. The van der Waals surface area contributed by atoms with Gasteiger partial charge in [0.1, 0.15) is 17.3 Å². The summed E-state index contributed by atoms with van der Waals surface area (Å²) in [5, 5.41) is 2.36. The van der Waals surface area contributed by atoms with Gasteiger partial charge in [-0.3, -0.25) is 4.79 Å². The zero-order valence-corrected chi connectivity index (χ0v) is 18.0. The molecule has 0 saturated carbocycles. The predicted molar refractivity (Wildman–Crippen MR) is 110 cm³/mol. The molecule has 0 bridgehead atoms. The molecule has 2 heterocycles. The lowest BCUT2D eigenvalue weighted by Crippen LogP contribution is -2.50. The molecular weight excluding hydrogens is 490 g/mol. The Morgan fingerprint density at radius 2 is 1.94 bits per heavy atom. The van der Waals surface area contributed by atoms with E-state index in [9.17, 15) is 31.9 Å². The van der Waals surface area contributed by atoms with E-state index < -0.39 is 53.1 Å². The number of esters is 1. The van der Waals surface area contributed by atoms with Gasteiger partial charge in [-0.05, 0) is 19.1 Å². The number of nitrogens with one attached hydrogen (secondary N) is 2. The summed E-state index contributed by atoms with van der Waals surface area (Å²) in [7, 11) is 0. The minimum Gasteiger partial charge on any atom is -0.464 e. The molecule has 2 aromatic rings. The van der Waals surface area contributed by atoms with Crippen LogP contribution in [0.15, 0.2) is 52.2 Å². The highest BCUT2D eigenvalue weighted by atomic mass is 35.5. The third-order valence-electron chi connectivity index (χ3n) is 4.26. The number of halogens is 5. The second-order valence-corrected chi connectivity index (χ2v) is 7.03. The van der Waals surface area contributed by atoms with Crippen LogP contribution in [-0.4, -0.2) is 34.6 Å². The molecule has 0 spiro atoms. The van der Waals surface area contributed by atoms with E-state index in [0.717, 1.165) is 6.07 Å². The van der Waals surface area contributed by atoms with Gasteiger partial charge >= 0.3 is 23.7 Å². The van der Waals surface area contributed by atoms with Gasteiger partial charge in [0.15, 0.2) is 6.61 Å². The third kappa shape index (κ3) is 5.48. The second kappa shape index (κ2) is 9.73. The molecular formula is C20H16ClF4N3O6. The van der Waals surface area contributed by atoms with Gasteiger partial charge in [0.05, 0.1) is 17.3 Å². The van der Waals surface area contributed by atoms with Crippen molar-refractivity contribution in [3.63, 3.8) is 0 Å². The van der Waals surface area contributed by atoms with Crippen LogP contribution in [0.2, 0.25) is 5.02 Å². The number of aromatic nitrogens is 2. The number of allylic oxidation sites excluding steroid dienone is 2. The average molecular weight is 506 g/mol. The maximum absolute atomic E-state index is 14.6. The summed E-state index contributed by atoms with van der Waals surface area (Å²) in [6, 6.07) is 1.62. The highest BCUT2D eigenvalue weighted by Crippen LogP contribution is 2.33. The first-order valence-electron chi connectivity index (χ1n) is 9.49. The van der Waals surface area contributed by atoms with Crippen LogP contribution >= 0.6 is 11.6 Å². The molecule has 3 rings (SSSR count). The van der Waals surface area contributed by atoms with E-state index in [1.165, 1.54) is 23.3 Å². The van der Waals surface area contributed by atoms with Crippen LogP contribution in [0.1, 0.15) is 12.6 Å². The number of benzene rings is 1. The number of nitrogens with zero attached hydrogens (tertiary/aromatic N) is 1. The van der Waals surface area contributed by atoms with Gasteiger partial charge in [-0.1, -0.05) is 17.7 Å². The number of hydrogen-bond acceptors (Lipinski definition) is 7. The van der Waals surface area contributed by atoms with Crippen molar-refractivity contribution in [3.05, 3.63) is 80.0 Å². The van der Waals surface area contributed by atoms with Crippen molar-refractivity contribution in [1.29, 1.82) is 0 Å². The van der Waals surface area contributed by atoms with Crippen molar-refractivity contribution >= 4 is 17.6 Å². The lowest BCUT2D eigenvalue weighted by molar-refractivity contribution is -0.183. The first kappa shape index (κ1) is 25.1. The topological polar surface area (TPSA) is 112 Å². The molecule has 14 heteroatoms. The quantitative estimate of drug-likeness (QED) is 0.338. The lowest BCUT2D eigenvalue weighted by Gasteiger charge is -2.32. The van der Waals surface area contributed by atoms with Gasteiger partial charge in [0.25, 0.3) is 5.56 Å². The smallest absolute Gasteiger partial charge is 0.431 e. The Kier molecular flexibility index (Phi) is 7.17. The van der Waals surface area contributed by atoms with E-state index in [1.807, 2.05) is 0 Å². The minimum atomic E-state index is -5.00. The zero-order valence-electron chi connectivity index (χ0n) is 17.2. The monoisotopic (exact) mass is 505 g/mol. The molecule has 0 fully saturated rings. The van der Waals surface area contributed by atoms with Crippen molar-refractivity contribution in [3.8, 4) is 11.4 Å². The van der Waals surface area contributed by atoms with E-state index in [1.54, 1.807) is 13.0 Å². The fourth-order valence-electron chi connectivity index (χ4n) is 2.81. The van der Waals surface area contributed by atoms with Gasteiger partial charge < -0.3 is 24.5 Å². The molecule has 9 nitrogen and oxygen atoms in total. The molecule has 182 valence electrons. The molecule has 1 atom stereocenters. The van der Waals surface area contributed by atoms with Crippen LogP contribution in [-0.2, 0) is 20.4 Å². The van der Waals surface area contributed by atoms with Crippen LogP contribution in [0.25, 0.3) is 5.69 Å². The largest absolute Gasteiger partial charge is 0.464 e. The summed E-state index contributed by atoms with van der Waals surface area (Å²) in [5.41, 5.74) is -5.33. The highest BCUT2D eigenvalue weighted by Gasteiger charge is 2.35. The van der Waals surface area contributed by atoms with Crippen molar-refractivity contribution in [1.82, 2.24) is 14.9 Å². The second-order valence-electron chi connectivity index (χ2n) is 6.62. The van der Waals surface area contributed by atoms with Crippen LogP contribution in [0.3, 0.4) is 0 Å². The SMILES string of the molecule is CCOC(=O)COC1(Oc2cc(-n3c(=O)cc(C(F)(F)F)[nH]c3=O)c(F)cc2Cl)C=CC=CN1. The number of alkyl halides is 3. The van der Waals surface area contributed by atoms with E-state index in [-0.39, 0.29) is 28.0 Å². The summed E-state index contributed by atoms with van der Waals surface area (Å²) in [6.07, 6.45) is 0.788. The van der Waals surface area contributed by atoms with E-state index in [0.29, 0.717) is 6.07 Å². The highest BCUT2D eigenvalue weighted by molar-refractivity contribution is 6.32. The first-order chi connectivity index (χ1) is 16.0. The molecule has 0 aliphatic carbocycles. The Balaban J connectivity index is 2.03. The molecule has 0 amide bonds. The van der Waals surface area contributed by atoms with Gasteiger partial charge in [0, 0.05) is 24.4 Å². The number of aromatic amines is 1. The summed E-state index contributed by atoms with van der Waals surface area (Å²) >= 11 is 6.04. The first-order valence-corrected chi connectivity index (χ1v) is 9.87. The number of carbonyl (C=O) groups is 1. The Morgan fingerprint density at radius 3 is 2.53 bits per heavy atom. The van der Waals surface area contributed by atoms with Crippen LogP contribution < -0.4 is 21.3 Å². The maximum atomic E-state index is 14.6. The lowest BCUT2D eigenvalue weighted by atomic mass is 10.2. The molecule has 2 N–H and O–H groups in total. The Labute approximate surface area is 193 Å². The number of hydrogen-bond donors (Lipinski definition) is 2. The summed E-state index contributed by atoms with van der Waals surface area (Å²) in [5.74, 6) is -4.08. The summed E-state index contributed by atoms with van der Waals surface area (Å²) in [4.78, 5) is 37.6. The van der Waals surface area contributed by atoms with Crippen molar-refractivity contribution in [2.75, 3.05) is 13.2 Å². The fraction of sp³-hybridized carbons (Fsp3) is 0.250. The summed E-state index contributed by atoms with van der Waals surface area (Å²) < 4.78 is 69.3. The van der Waals surface area contributed by atoms with Crippen molar-refractivity contribution in [2.24, 2.45) is 0 Å². The maximum Gasteiger partial charge on any atom is 0.431 e. The van der Waals surface area contributed by atoms with Crippen molar-refractivity contribution < 1.29 is 36.6 Å². The zero-order chi connectivity index (χ0) is 25.1. The molecule has 1 aromatic carbocycles. The van der Waals surface area contributed by atoms with Crippen LogP contribution in [0, 0.1) is 5.82 Å². The molecule has 1 aromatic heterocycles. The average Bonchev–Trinajstić information content (AvgIpc) is 2.75. The Morgan fingerprint density at radius 1 is 1.21 bits per heavy atom. The van der Waals surface area contributed by atoms with E-state index in [2.05, 4.69) is 5.32 Å². The van der Waals surface area contributed by atoms with Crippen molar-refractivity contribution in [2.45, 2.75) is 19.0 Å². The normalized spacial score (nSPS) is 17.4. The molecule has 1 aliphatic heterocycles. The molecule has 0 saturated heterocycles. The number of ether oxygens (including phenoxy) is 3. The van der Waals surface area contributed by atoms with E-state index in [4.69, 9.17) is 25.8 Å².